The molecule has 2 aromatic heterocycles. The molecule has 1 atom stereocenters. The molecule has 1 aliphatic carbocycles. The number of hydrogen-bond acceptors (Lipinski definition) is 7. The number of aromatic nitrogens is 3. The quantitative estimate of drug-likeness (QED) is 0.501. The van der Waals surface area contributed by atoms with Gasteiger partial charge in [0, 0.05) is 57.0 Å². The number of fused-ring (bicyclic) bond motifs is 1. The van der Waals surface area contributed by atoms with Gasteiger partial charge in [-0.25, -0.2) is 4.98 Å². The number of anilines is 1. The summed E-state index contributed by atoms with van der Waals surface area (Å²) < 4.78 is 43.9. The Kier molecular flexibility index (Phi) is 8.55. The van der Waals surface area contributed by atoms with Gasteiger partial charge in [-0.3, -0.25) is 23.9 Å². The lowest BCUT2D eigenvalue weighted by atomic mass is 10.0. The molecule has 2 aliphatic rings. The van der Waals surface area contributed by atoms with Crippen molar-refractivity contribution in [3.8, 4) is 0 Å². The molecule has 1 fully saturated rings. The Hall–Kier alpha value is -3.61. The van der Waals surface area contributed by atoms with Crippen molar-refractivity contribution in [2.75, 3.05) is 44.6 Å². The smallest absolute Gasteiger partial charge is 0.410 e. The standard InChI is InChI=1S/C25H32F3N7O3/c1-17(2)31-21(36)16-33-10-12-34(13-11-33)22(37)15-30-24-23(32-20-14-29-8-9-35(20)24)18-4-3-5-19(7-6-18)38-25(26,27)28/h3-4,7-9,14,17-18,30H,5-6,10-13,15-16H2,1-2H3,(H,31,36). The average molecular weight is 536 g/mol. The van der Waals surface area contributed by atoms with Crippen LogP contribution in [0.3, 0.4) is 0 Å². The molecule has 1 aliphatic heterocycles. The number of alkyl halides is 3. The van der Waals surface area contributed by atoms with Crippen LogP contribution < -0.4 is 10.6 Å². The third kappa shape index (κ3) is 7.24. The Balaban J connectivity index is 1.40. The molecule has 0 spiro atoms. The van der Waals surface area contributed by atoms with E-state index in [0.717, 1.165) is 0 Å². The van der Waals surface area contributed by atoms with E-state index in [4.69, 9.17) is 0 Å². The zero-order valence-electron chi connectivity index (χ0n) is 21.4. The average Bonchev–Trinajstić information content (AvgIpc) is 3.06. The van der Waals surface area contributed by atoms with Crippen LogP contribution in [0, 0.1) is 0 Å². The fourth-order valence-electron chi connectivity index (χ4n) is 4.56. The maximum Gasteiger partial charge on any atom is 0.572 e. The molecule has 10 nitrogen and oxygen atoms in total. The molecule has 4 rings (SSSR count). The van der Waals surface area contributed by atoms with Crippen molar-refractivity contribution in [1.82, 2.24) is 29.5 Å². The number of carbonyl (C=O) groups excluding carboxylic acids is 2. The van der Waals surface area contributed by atoms with E-state index in [1.807, 2.05) is 18.7 Å². The number of nitrogens with zero attached hydrogens (tertiary/aromatic N) is 5. The van der Waals surface area contributed by atoms with Gasteiger partial charge in [-0.2, -0.15) is 0 Å². The molecular weight excluding hydrogens is 503 g/mol. The van der Waals surface area contributed by atoms with Crippen LogP contribution in [0.2, 0.25) is 0 Å². The van der Waals surface area contributed by atoms with Crippen LogP contribution in [-0.2, 0) is 14.3 Å². The van der Waals surface area contributed by atoms with Gasteiger partial charge < -0.3 is 20.3 Å². The van der Waals surface area contributed by atoms with Gasteiger partial charge in [-0.15, -0.1) is 13.2 Å². The molecule has 1 unspecified atom stereocenters. The second kappa shape index (κ2) is 11.8. The molecule has 206 valence electrons. The molecule has 2 aromatic rings. The number of halogens is 3. The van der Waals surface area contributed by atoms with Crippen molar-refractivity contribution in [2.45, 2.75) is 45.0 Å². The van der Waals surface area contributed by atoms with Gasteiger partial charge in [-0.1, -0.05) is 12.2 Å². The summed E-state index contributed by atoms with van der Waals surface area (Å²) in [7, 11) is 0. The first kappa shape index (κ1) is 27.4. The summed E-state index contributed by atoms with van der Waals surface area (Å²) in [5.41, 5.74) is 1.16. The molecule has 0 radical (unpaired) electrons. The molecule has 2 N–H and O–H groups in total. The van der Waals surface area contributed by atoms with Gasteiger partial charge in [0.25, 0.3) is 0 Å². The van der Waals surface area contributed by atoms with Crippen LogP contribution in [0.5, 0.6) is 0 Å². The largest absolute Gasteiger partial charge is 0.572 e. The fourth-order valence-corrected chi connectivity index (χ4v) is 4.56. The highest BCUT2D eigenvalue weighted by Crippen LogP contribution is 2.33. The van der Waals surface area contributed by atoms with Gasteiger partial charge in [0.15, 0.2) is 5.65 Å². The van der Waals surface area contributed by atoms with E-state index in [9.17, 15) is 22.8 Å². The summed E-state index contributed by atoms with van der Waals surface area (Å²) in [6.07, 6.45) is 5.30. The minimum atomic E-state index is -4.74. The summed E-state index contributed by atoms with van der Waals surface area (Å²) in [5, 5.41) is 6.08. The molecule has 13 heteroatoms. The molecule has 0 bridgehead atoms. The zero-order valence-corrected chi connectivity index (χ0v) is 21.4. The first-order chi connectivity index (χ1) is 18.1. The number of rotatable bonds is 8. The van der Waals surface area contributed by atoms with E-state index in [-0.39, 0.29) is 48.9 Å². The third-order valence-corrected chi connectivity index (χ3v) is 6.29. The van der Waals surface area contributed by atoms with Crippen LogP contribution >= 0.6 is 0 Å². The summed E-state index contributed by atoms with van der Waals surface area (Å²) in [4.78, 5) is 37.5. The van der Waals surface area contributed by atoms with Crippen LogP contribution in [0.25, 0.3) is 5.65 Å². The van der Waals surface area contributed by atoms with E-state index < -0.39 is 6.36 Å². The number of nitrogens with one attached hydrogen (secondary N) is 2. The molecule has 3 heterocycles. The SMILES string of the molecule is CC(C)NC(=O)CN1CCN(C(=O)CNc2c(C3C=CCC(OC(F)(F)F)=CC3)nc3cnccn23)CC1. The molecule has 1 saturated heterocycles. The van der Waals surface area contributed by atoms with Crippen LogP contribution in [-0.4, -0.2) is 87.7 Å². The van der Waals surface area contributed by atoms with Crippen molar-refractivity contribution >= 4 is 23.3 Å². The highest BCUT2D eigenvalue weighted by Gasteiger charge is 2.32. The molecule has 38 heavy (non-hydrogen) atoms. The number of carbonyl (C=O) groups is 2. The first-order valence-electron chi connectivity index (χ1n) is 12.6. The molecule has 0 aromatic carbocycles. The third-order valence-electron chi connectivity index (χ3n) is 6.29. The lowest BCUT2D eigenvalue weighted by Gasteiger charge is -2.34. The van der Waals surface area contributed by atoms with Crippen LogP contribution in [0.1, 0.15) is 38.3 Å². The van der Waals surface area contributed by atoms with Gasteiger partial charge >= 0.3 is 6.36 Å². The van der Waals surface area contributed by atoms with Gasteiger partial charge in [0.2, 0.25) is 11.8 Å². The van der Waals surface area contributed by atoms with Crippen molar-refractivity contribution in [3.05, 3.63) is 48.3 Å². The lowest BCUT2D eigenvalue weighted by Crippen LogP contribution is -2.52. The topological polar surface area (TPSA) is 104 Å². The van der Waals surface area contributed by atoms with Crippen molar-refractivity contribution in [3.63, 3.8) is 0 Å². The number of imidazole rings is 1. The fraction of sp³-hybridized carbons (Fsp3) is 0.520. The number of allylic oxidation sites excluding steroid dienone is 3. The van der Waals surface area contributed by atoms with E-state index in [1.54, 1.807) is 40.0 Å². The van der Waals surface area contributed by atoms with Crippen molar-refractivity contribution in [2.24, 2.45) is 0 Å². The summed E-state index contributed by atoms with van der Waals surface area (Å²) in [5.74, 6) is -0.0171. The van der Waals surface area contributed by atoms with Crippen molar-refractivity contribution < 1.29 is 27.5 Å². The maximum atomic E-state index is 13.0. The molecule has 2 amide bonds. The maximum absolute atomic E-state index is 13.0. The van der Waals surface area contributed by atoms with E-state index in [2.05, 4.69) is 25.3 Å². The van der Waals surface area contributed by atoms with Crippen LogP contribution in [0.4, 0.5) is 19.0 Å². The van der Waals surface area contributed by atoms with E-state index in [0.29, 0.717) is 49.9 Å². The highest BCUT2D eigenvalue weighted by molar-refractivity contribution is 5.81. The van der Waals surface area contributed by atoms with Gasteiger partial charge in [0.1, 0.15) is 11.6 Å². The second-order valence-corrected chi connectivity index (χ2v) is 9.58. The monoisotopic (exact) mass is 535 g/mol. The Morgan fingerprint density at radius 2 is 1.97 bits per heavy atom. The minimum Gasteiger partial charge on any atom is -0.410 e. The van der Waals surface area contributed by atoms with E-state index in [1.165, 1.54) is 6.08 Å². The normalized spacial score (nSPS) is 18.8. The lowest BCUT2D eigenvalue weighted by molar-refractivity contribution is -0.306. The van der Waals surface area contributed by atoms with Crippen molar-refractivity contribution in [1.29, 1.82) is 0 Å². The Morgan fingerprint density at radius 3 is 2.68 bits per heavy atom. The Labute approximate surface area is 218 Å². The van der Waals surface area contributed by atoms with Gasteiger partial charge in [0.05, 0.1) is 25.0 Å². The van der Waals surface area contributed by atoms with Gasteiger partial charge in [-0.05, 0) is 26.3 Å². The Bertz CT molecular complexity index is 1200. The van der Waals surface area contributed by atoms with Crippen LogP contribution in [0.15, 0.2) is 42.6 Å². The van der Waals surface area contributed by atoms with E-state index >= 15 is 0 Å². The molecule has 0 saturated carbocycles. The number of piperazine rings is 1. The number of ether oxygens (including phenoxy) is 1. The minimum absolute atomic E-state index is 0.0195. The Morgan fingerprint density at radius 1 is 1.21 bits per heavy atom. The first-order valence-corrected chi connectivity index (χ1v) is 12.6. The summed E-state index contributed by atoms with van der Waals surface area (Å²) in [6, 6.07) is 0.0801. The number of hydrogen-bond donors (Lipinski definition) is 2. The second-order valence-electron chi connectivity index (χ2n) is 9.58. The number of amides is 2. The highest BCUT2D eigenvalue weighted by atomic mass is 19.4. The molecular formula is C25H32F3N7O3. The predicted octanol–water partition coefficient (Wildman–Crippen LogP) is 2.66. The zero-order chi connectivity index (χ0) is 27.3. The summed E-state index contributed by atoms with van der Waals surface area (Å²) >= 11 is 0. The summed E-state index contributed by atoms with van der Waals surface area (Å²) in [6.45, 7) is 6.37. The predicted molar refractivity (Wildman–Crippen MR) is 134 cm³/mol.